The third-order valence-corrected chi connectivity index (χ3v) is 6.78. The van der Waals surface area contributed by atoms with Gasteiger partial charge >= 0.3 is 0 Å². The van der Waals surface area contributed by atoms with Gasteiger partial charge in [-0.1, -0.05) is 47.6 Å². The van der Waals surface area contributed by atoms with Crippen molar-refractivity contribution >= 4 is 40.7 Å². The summed E-state index contributed by atoms with van der Waals surface area (Å²) in [5, 5.41) is 9.43. The molecule has 1 fully saturated rings. The lowest BCUT2D eigenvalue weighted by Gasteiger charge is -2.44. The molecule has 150 valence electrons. The number of nitrogens with zero attached hydrogens (tertiary/aromatic N) is 4. The molecule has 0 radical (unpaired) electrons. The molecule has 0 saturated heterocycles. The number of benzene rings is 1. The van der Waals surface area contributed by atoms with Gasteiger partial charge in [0.1, 0.15) is 5.54 Å². The first-order valence-corrected chi connectivity index (χ1v) is 10.9. The lowest BCUT2D eigenvalue weighted by atomic mass is 9.74. The lowest BCUT2D eigenvalue weighted by Crippen LogP contribution is -2.54. The van der Waals surface area contributed by atoms with Crippen LogP contribution in [0.1, 0.15) is 31.2 Å². The van der Waals surface area contributed by atoms with Gasteiger partial charge < -0.3 is 4.90 Å². The second-order valence-corrected chi connectivity index (χ2v) is 8.47. The molecule has 2 heterocycles. The van der Waals surface area contributed by atoms with E-state index in [9.17, 15) is 9.59 Å². The quantitative estimate of drug-likeness (QED) is 0.575. The largest absolute Gasteiger partial charge is 0.328 e. The highest BCUT2D eigenvalue weighted by molar-refractivity contribution is 7.99. The zero-order chi connectivity index (χ0) is 20.4. The highest BCUT2D eigenvalue weighted by Gasteiger charge is 2.47. The van der Waals surface area contributed by atoms with Gasteiger partial charge in [-0.05, 0) is 37.5 Å². The highest BCUT2D eigenvalue weighted by atomic mass is 35.5. The van der Waals surface area contributed by atoms with E-state index in [1.54, 1.807) is 18.0 Å². The Balaban J connectivity index is 1.61. The van der Waals surface area contributed by atoms with Gasteiger partial charge in [-0.3, -0.25) is 14.0 Å². The minimum atomic E-state index is -1.01. The SMILES string of the molecule is CN(C(=O)CSc1nnc2ccccn12)C1(c2ccccc2Cl)CCCCC1=O. The summed E-state index contributed by atoms with van der Waals surface area (Å²) in [7, 11) is 1.71. The van der Waals surface area contributed by atoms with Crippen LogP contribution in [0, 0.1) is 0 Å². The number of carbonyl (C=O) groups is 2. The van der Waals surface area contributed by atoms with Crippen LogP contribution in [0.25, 0.3) is 5.65 Å². The summed E-state index contributed by atoms with van der Waals surface area (Å²) in [6.45, 7) is 0. The molecule has 6 nitrogen and oxygen atoms in total. The van der Waals surface area contributed by atoms with Gasteiger partial charge in [-0.15, -0.1) is 10.2 Å². The van der Waals surface area contributed by atoms with Crippen molar-refractivity contribution in [2.24, 2.45) is 0 Å². The number of pyridine rings is 1. The molecule has 1 amide bonds. The normalized spacial score (nSPS) is 19.4. The second-order valence-electron chi connectivity index (χ2n) is 7.12. The van der Waals surface area contributed by atoms with E-state index < -0.39 is 5.54 Å². The molecule has 0 N–H and O–H groups in total. The van der Waals surface area contributed by atoms with Gasteiger partial charge in [0, 0.05) is 30.3 Å². The molecule has 1 aliphatic rings. The standard InChI is InChI=1S/C21H21ClN4O2S/c1-25(19(28)14-29-20-24-23-18-11-5-7-13-26(18)20)21(12-6-4-10-17(21)27)15-8-2-3-9-16(15)22/h2-3,5,7-9,11,13H,4,6,10,12,14H2,1H3. The van der Waals surface area contributed by atoms with Gasteiger partial charge in [-0.25, -0.2) is 0 Å². The van der Waals surface area contributed by atoms with Crippen LogP contribution in [0.5, 0.6) is 0 Å². The van der Waals surface area contributed by atoms with Gasteiger partial charge in [0.15, 0.2) is 16.6 Å². The second kappa shape index (κ2) is 8.16. The maximum Gasteiger partial charge on any atom is 0.233 e. The van der Waals surface area contributed by atoms with E-state index in [0.29, 0.717) is 28.6 Å². The number of Topliss-reactive ketones (excluding diaryl/α,β-unsaturated/α-hetero) is 1. The molecule has 8 heteroatoms. The van der Waals surface area contributed by atoms with Crippen LogP contribution in [0.15, 0.2) is 53.8 Å². The molecule has 1 unspecified atom stereocenters. The van der Waals surface area contributed by atoms with Crippen LogP contribution in [0.2, 0.25) is 5.02 Å². The highest BCUT2D eigenvalue weighted by Crippen LogP contribution is 2.42. The van der Waals surface area contributed by atoms with Crippen LogP contribution in [-0.4, -0.2) is 44.0 Å². The third-order valence-electron chi connectivity index (χ3n) is 5.53. The van der Waals surface area contributed by atoms with Gasteiger partial charge in [-0.2, -0.15) is 0 Å². The fraction of sp³-hybridized carbons (Fsp3) is 0.333. The molecule has 1 atom stereocenters. The Kier molecular flexibility index (Phi) is 5.61. The number of fused-ring (bicyclic) bond motifs is 1. The zero-order valence-corrected chi connectivity index (χ0v) is 17.6. The average molecular weight is 429 g/mol. The van der Waals surface area contributed by atoms with Crippen LogP contribution in [0.3, 0.4) is 0 Å². The third kappa shape index (κ3) is 3.53. The Morgan fingerprint density at radius 1 is 1.21 bits per heavy atom. The molecule has 1 aromatic carbocycles. The number of aromatic nitrogens is 3. The first-order valence-electron chi connectivity index (χ1n) is 9.51. The number of hydrogen-bond donors (Lipinski definition) is 0. The van der Waals surface area contributed by atoms with E-state index >= 15 is 0 Å². The number of thioether (sulfide) groups is 1. The molecule has 0 spiro atoms. The van der Waals surface area contributed by atoms with Crippen molar-refractivity contribution in [1.82, 2.24) is 19.5 Å². The number of likely N-dealkylation sites (N-methyl/N-ethyl adjacent to an activating group) is 1. The minimum Gasteiger partial charge on any atom is -0.328 e. The molecule has 0 aliphatic heterocycles. The number of carbonyl (C=O) groups excluding carboxylic acids is 2. The molecule has 1 aliphatic carbocycles. The maximum atomic E-state index is 13.2. The molecule has 4 rings (SSSR count). The smallest absolute Gasteiger partial charge is 0.233 e. The van der Waals surface area contributed by atoms with E-state index in [4.69, 9.17) is 11.6 Å². The van der Waals surface area contributed by atoms with Gasteiger partial charge in [0.2, 0.25) is 5.91 Å². The predicted octanol–water partition coefficient (Wildman–Crippen LogP) is 3.97. The number of amides is 1. The molecule has 0 bridgehead atoms. The Morgan fingerprint density at radius 2 is 2.00 bits per heavy atom. The van der Waals surface area contributed by atoms with Crippen molar-refractivity contribution in [3.8, 4) is 0 Å². The summed E-state index contributed by atoms with van der Waals surface area (Å²) in [4.78, 5) is 27.9. The number of halogens is 1. The Hall–Kier alpha value is -2.38. The average Bonchev–Trinajstić information content (AvgIpc) is 3.16. The van der Waals surface area contributed by atoms with Crippen LogP contribution < -0.4 is 0 Å². The van der Waals surface area contributed by atoms with E-state index in [2.05, 4.69) is 10.2 Å². The summed E-state index contributed by atoms with van der Waals surface area (Å²) < 4.78 is 1.84. The van der Waals surface area contributed by atoms with Crippen molar-refractivity contribution < 1.29 is 9.59 Å². The topological polar surface area (TPSA) is 67.6 Å². The van der Waals surface area contributed by atoms with Crippen molar-refractivity contribution in [2.45, 2.75) is 36.4 Å². The summed E-state index contributed by atoms with van der Waals surface area (Å²) >= 11 is 7.78. The molecular formula is C21H21ClN4O2S. The summed E-state index contributed by atoms with van der Waals surface area (Å²) in [6, 6.07) is 13.0. The molecule has 29 heavy (non-hydrogen) atoms. The molecule has 2 aromatic heterocycles. The summed E-state index contributed by atoms with van der Waals surface area (Å²) in [5.41, 5.74) is 0.423. The number of hydrogen-bond acceptors (Lipinski definition) is 5. The fourth-order valence-electron chi connectivity index (χ4n) is 3.98. The zero-order valence-electron chi connectivity index (χ0n) is 16.0. The maximum absolute atomic E-state index is 13.2. The van der Waals surface area contributed by atoms with Gasteiger partial charge in [0.25, 0.3) is 0 Å². The fourth-order valence-corrected chi connectivity index (χ4v) is 5.11. The van der Waals surface area contributed by atoms with Crippen LogP contribution >= 0.6 is 23.4 Å². The van der Waals surface area contributed by atoms with Crippen molar-refractivity contribution in [3.05, 3.63) is 59.2 Å². The summed E-state index contributed by atoms with van der Waals surface area (Å²) in [6.07, 6.45) is 4.60. The summed E-state index contributed by atoms with van der Waals surface area (Å²) in [5.74, 6) is 0.0644. The predicted molar refractivity (Wildman–Crippen MR) is 113 cm³/mol. The molecule has 3 aromatic rings. The van der Waals surface area contributed by atoms with E-state index in [0.717, 1.165) is 18.5 Å². The Morgan fingerprint density at radius 3 is 2.79 bits per heavy atom. The lowest BCUT2D eigenvalue weighted by molar-refractivity contribution is -0.146. The Bertz CT molecular complexity index is 1070. The first-order chi connectivity index (χ1) is 14.0. The Labute approximate surface area is 178 Å². The monoisotopic (exact) mass is 428 g/mol. The molecular weight excluding hydrogens is 408 g/mol. The van der Waals surface area contributed by atoms with E-state index in [-0.39, 0.29) is 17.4 Å². The van der Waals surface area contributed by atoms with E-state index in [1.807, 2.05) is 47.0 Å². The van der Waals surface area contributed by atoms with Crippen molar-refractivity contribution in [3.63, 3.8) is 0 Å². The first kappa shape index (κ1) is 19.9. The minimum absolute atomic E-state index is 0.0469. The molecule has 1 saturated carbocycles. The number of rotatable bonds is 5. The van der Waals surface area contributed by atoms with Crippen LogP contribution in [0.4, 0.5) is 0 Å². The number of ketones is 1. The van der Waals surface area contributed by atoms with Gasteiger partial charge in [0.05, 0.1) is 5.75 Å². The van der Waals surface area contributed by atoms with Crippen molar-refractivity contribution in [2.75, 3.05) is 12.8 Å². The van der Waals surface area contributed by atoms with E-state index in [1.165, 1.54) is 11.8 Å². The van der Waals surface area contributed by atoms with Crippen LogP contribution in [-0.2, 0) is 15.1 Å². The van der Waals surface area contributed by atoms with Crippen molar-refractivity contribution in [1.29, 1.82) is 0 Å².